The molecule has 3 nitrogen and oxygen atoms in total. The number of nitrogens with zero attached hydrogens (tertiary/aromatic N) is 2. The van der Waals surface area contributed by atoms with Crippen molar-refractivity contribution in [2.45, 2.75) is 12.7 Å². The number of hydrogen-bond acceptors (Lipinski definition) is 1. The molecule has 0 saturated carbocycles. The predicted molar refractivity (Wildman–Crippen MR) is 101 cm³/mol. The van der Waals surface area contributed by atoms with Gasteiger partial charge >= 0.3 is 6.18 Å². The molecule has 0 saturated heterocycles. The second-order valence-corrected chi connectivity index (χ2v) is 6.70. The van der Waals surface area contributed by atoms with E-state index in [1.807, 2.05) is 0 Å². The third kappa shape index (κ3) is 3.96. The highest BCUT2D eigenvalue weighted by molar-refractivity contribution is 9.10. The standard InChI is InChI=1S/C20H12BrF3N2O/c1-25-18-16(20(22,23)24)11-17(14-5-3-2-4-6-14)26(19(18)27)12-13-7-9-15(21)10-8-13/h2-11H,12H2. The Morgan fingerprint density at radius 2 is 1.67 bits per heavy atom. The van der Waals surface area contributed by atoms with Crippen LogP contribution in [0, 0.1) is 6.57 Å². The van der Waals surface area contributed by atoms with E-state index >= 15 is 0 Å². The fourth-order valence-electron chi connectivity index (χ4n) is 2.74. The van der Waals surface area contributed by atoms with E-state index in [-0.39, 0.29) is 12.2 Å². The molecule has 2 aromatic carbocycles. The first-order valence-electron chi connectivity index (χ1n) is 7.83. The summed E-state index contributed by atoms with van der Waals surface area (Å²) in [4.78, 5) is 15.6. The highest BCUT2D eigenvalue weighted by Gasteiger charge is 2.36. The van der Waals surface area contributed by atoms with Crippen LogP contribution in [0.25, 0.3) is 16.1 Å². The molecule has 0 spiro atoms. The molecular formula is C20H12BrF3N2O. The highest BCUT2D eigenvalue weighted by atomic mass is 79.9. The number of hydrogen-bond donors (Lipinski definition) is 0. The smallest absolute Gasteiger partial charge is 0.313 e. The van der Waals surface area contributed by atoms with Crippen LogP contribution in [-0.4, -0.2) is 4.57 Å². The van der Waals surface area contributed by atoms with Gasteiger partial charge in [0.2, 0.25) is 0 Å². The van der Waals surface area contributed by atoms with E-state index in [1.165, 1.54) is 4.57 Å². The summed E-state index contributed by atoms with van der Waals surface area (Å²) in [5.74, 6) is 0. The molecule has 0 aliphatic carbocycles. The van der Waals surface area contributed by atoms with Gasteiger partial charge in [-0.15, -0.1) is 0 Å². The van der Waals surface area contributed by atoms with Crippen LogP contribution in [0.3, 0.4) is 0 Å². The zero-order valence-corrected chi connectivity index (χ0v) is 15.4. The third-order valence-corrected chi connectivity index (χ3v) is 4.54. The van der Waals surface area contributed by atoms with Crippen molar-refractivity contribution in [2.24, 2.45) is 0 Å². The van der Waals surface area contributed by atoms with Gasteiger partial charge in [0, 0.05) is 16.7 Å². The minimum absolute atomic E-state index is 0.0526. The van der Waals surface area contributed by atoms with Crippen molar-refractivity contribution in [3.63, 3.8) is 0 Å². The van der Waals surface area contributed by atoms with E-state index in [0.717, 1.165) is 16.1 Å². The Morgan fingerprint density at radius 1 is 1.04 bits per heavy atom. The Morgan fingerprint density at radius 3 is 2.22 bits per heavy atom. The van der Waals surface area contributed by atoms with Crippen LogP contribution < -0.4 is 5.56 Å². The third-order valence-electron chi connectivity index (χ3n) is 4.02. The second kappa shape index (κ2) is 7.41. The molecule has 27 heavy (non-hydrogen) atoms. The lowest BCUT2D eigenvalue weighted by Crippen LogP contribution is -2.25. The summed E-state index contributed by atoms with van der Waals surface area (Å²) in [7, 11) is 0. The highest BCUT2D eigenvalue weighted by Crippen LogP contribution is 2.37. The molecule has 1 aromatic heterocycles. The van der Waals surface area contributed by atoms with Crippen molar-refractivity contribution in [1.29, 1.82) is 0 Å². The van der Waals surface area contributed by atoms with Gasteiger partial charge in [0.1, 0.15) is 0 Å². The maximum atomic E-state index is 13.4. The normalized spacial score (nSPS) is 11.2. The van der Waals surface area contributed by atoms with E-state index in [0.29, 0.717) is 5.56 Å². The van der Waals surface area contributed by atoms with Crippen LogP contribution in [-0.2, 0) is 12.7 Å². The summed E-state index contributed by atoms with van der Waals surface area (Å²) in [6.07, 6.45) is -4.79. The van der Waals surface area contributed by atoms with E-state index in [1.54, 1.807) is 54.6 Å². The second-order valence-electron chi connectivity index (χ2n) is 5.79. The van der Waals surface area contributed by atoms with Crippen molar-refractivity contribution in [3.8, 4) is 11.3 Å². The van der Waals surface area contributed by atoms with Gasteiger partial charge in [-0.2, -0.15) is 13.2 Å². The Kier molecular flexibility index (Phi) is 5.19. The van der Waals surface area contributed by atoms with E-state index in [9.17, 15) is 18.0 Å². The number of halogens is 4. The minimum Gasteiger partial charge on any atom is -0.313 e. The van der Waals surface area contributed by atoms with Crippen LogP contribution in [0.4, 0.5) is 18.9 Å². The van der Waals surface area contributed by atoms with Crippen LogP contribution in [0.1, 0.15) is 11.1 Å². The van der Waals surface area contributed by atoms with E-state index < -0.39 is 23.0 Å². The summed E-state index contributed by atoms with van der Waals surface area (Å²) in [5.41, 5.74) is -1.78. The summed E-state index contributed by atoms with van der Waals surface area (Å²) in [5, 5.41) is 0. The molecular weight excluding hydrogens is 421 g/mol. The van der Waals surface area contributed by atoms with Gasteiger partial charge in [-0.25, -0.2) is 4.85 Å². The molecule has 3 rings (SSSR count). The first-order valence-corrected chi connectivity index (χ1v) is 8.63. The molecule has 0 unspecified atom stereocenters. The van der Waals surface area contributed by atoms with Crippen LogP contribution in [0.2, 0.25) is 0 Å². The van der Waals surface area contributed by atoms with E-state index in [4.69, 9.17) is 6.57 Å². The number of aromatic nitrogens is 1. The number of benzene rings is 2. The average Bonchev–Trinajstić information content (AvgIpc) is 2.64. The molecule has 0 atom stereocenters. The minimum atomic E-state index is -4.79. The summed E-state index contributed by atoms with van der Waals surface area (Å²) in [6, 6.07) is 16.3. The molecule has 0 radical (unpaired) electrons. The zero-order chi connectivity index (χ0) is 19.6. The first-order chi connectivity index (χ1) is 12.8. The Balaban J connectivity index is 2.28. The number of alkyl halides is 3. The molecule has 1 heterocycles. The molecule has 0 fully saturated rings. The molecule has 0 bridgehead atoms. The molecule has 0 aliphatic heterocycles. The van der Waals surface area contributed by atoms with Gasteiger partial charge in [-0.05, 0) is 29.3 Å². The Bertz CT molecular complexity index is 1070. The molecule has 0 aliphatic rings. The maximum Gasteiger partial charge on any atom is 0.407 e. The SMILES string of the molecule is [C-]#[N+]c1c(C(F)(F)F)cc(-c2ccccc2)n(Cc2ccc(Br)cc2)c1=O. The molecule has 3 aromatic rings. The van der Waals surface area contributed by atoms with Gasteiger partial charge in [-0.1, -0.05) is 58.4 Å². The van der Waals surface area contributed by atoms with Crippen molar-refractivity contribution >= 4 is 21.6 Å². The van der Waals surface area contributed by atoms with Gasteiger partial charge < -0.3 is 4.57 Å². The summed E-state index contributed by atoms with van der Waals surface area (Å²) < 4.78 is 42.3. The lowest BCUT2D eigenvalue weighted by atomic mass is 10.1. The molecule has 0 amide bonds. The van der Waals surface area contributed by atoms with Crippen LogP contribution in [0.15, 0.2) is 69.9 Å². The van der Waals surface area contributed by atoms with Crippen LogP contribution >= 0.6 is 15.9 Å². The topological polar surface area (TPSA) is 26.4 Å². The lowest BCUT2D eigenvalue weighted by molar-refractivity contribution is -0.136. The molecule has 7 heteroatoms. The predicted octanol–water partition coefficient (Wildman–Crippen LogP) is 5.90. The molecule has 0 N–H and O–H groups in total. The Hall–Kier alpha value is -2.85. The van der Waals surface area contributed by atoms with Crippen molar-refractivity contribution in [1.82, 2.24) is 4.57 Å². The fraction of sp³-hybridized carbons (Fsp3) is 0.100. The van der Waals surface area contributed by atoms with E-state index in [2.05, 4.69) is 20.8 Å². The van der Waals surface area contributed by atoms with Crippen molar-refractivity contribution < 1.29 is 13.2 Å². The van der Waals surface area contributed by atoms with Gasteiger partial charge in [0.25, 0.3) is 11.2 Å². The largest absolute Gasteiger partial charge is 0.407 e. The van der Waals surface area contributed by atoms with Crippen LogP contribution in [0.5, 0.6) is 0 Å². The van der Waals surface area contributed by atoms with Crippen molar-refractivity contribution in [3.05, 3.63) is 98.0 Å². The lowest BCUT2D eigenvalue weighted by Gasteiger charge is -2.18. The molecule has 136 valence electrons. The number of rotatable bonds is 3. The summed E-state index contributed by atoms with van der Waals surface area (Å²) >= 11 is 3.32. The zero-order valence-electron chi connectivity index (χ0n) is 13.8. The van der Waals surface area contributed by atoms with Crippen molar-refractivity contribution in [2.75, 3.05) is 0 Å². The monoisotopic (exact) mass is 432 g/mol. The quantitative estimate of drug-likeness (QED) is 0.473. The first kappa shape index (κ1) is 18.9. The average molecular weight is 433 g/mol. The van der Waals surface area contributed by atoms with Gasteiger partial charge in [0.05, 0.1) is 12.1 Å². The van der Waals surface area contributed by atoms with Gasteiger partial charge in [-0.3, -0.25) is 4.79 Å². The van der Waals surface area contributed by atoms with Gasteiger partial charge in [0.15, 0.2) is 0 Å². The summed E-state index contributed by atoms with van der Waals surface area (Å²) in [6.45, 7) is 7.14. The number of pyridine rings is 1. The fourth-order valence-corrected chi connectivity index (χ4v) is 3.00. The Labute approximate surface area is 161 Å². The maximum absolute atomic E-state index is 13.4.